The fourth-order valence-corrected chi connectivity index (χ4v) is 5.18. The molecule has 2 aromatic carbocycles. The second kappa shape index (κ2) is 10.8. The SMILES string of the molecule is CC1=C(C)C(C/C=C/N[C@@H](c2ccccc2)[C@@H](NS(=O)(=O)C(F)(F)F)c2ccccc2)C(C)=C1C. The van der Waals surface area contributed by atoms with Crippen molar-refractivity contribution in [2.45, 2.75) is 51.7 Å². The highest BCUT2D eigenvalue weighted by Crippen LogP contribution is 2.39. The van der Waals surface area contributed by atoms with Gasteiger partial charge in [-0.05, 0) is 62.6 Å². The van der Waals surface area contributed by atoms with Crippen LogP contribution in [0.25, 0.3) is 0 Å². The molecular weight excluding hydrogens is 473 g/mol. The van der Waals surface area contributed by atoms with E-state index in [1.807, 2.05) is 10.8 Å². The Labute approximate surface area is 205 Å². The number of halogens is 3. The topological polar surface area (TPSA) is 58.2 Å². The van der Waals surface area contributed by atoms with E-state index in [1.165, 1.54) is 22.3 Å². The van der Waals surface area contributed by atoms with Gasteiger partial charge in [-0.15, -0.1) is 0 Å². The summed E-state index contributed by atoms with van der Waals surface area (Å²) in [5.74, 6) is 0.275. The van der Waals surface area contributed by atoms with Crippen molar-refractivity contribution in [3.05, 3.63) is 106 Å². The molecule has 2 aromatic rings. The van der Waals surface area contributed by atoms with Gasteiger partial charge in [-0.25, -0.2) is 8.42 Å². The summed E-state index contributed by atoms with van der Waals surface area (Å²) in [7, 11) is -5.59. The maximum absolute atomic E-state index is 13.3. The maximum atomic E-state index is 13.3. The molecule has 0 aromatic heterocycles. The molecule has 2 N–H and O–H groups in total. The monoisotopic (exact) mass is 504 g/mol. The van der Waals surface area contributed by atoms with Gasteiger partial charge in [0.2, 0.25) is 0 Å². The molecule has 3 rings (SSSR count). The van der Waals surface area contributed by atoms with E-state index in [0.29, 0.717) is 11.1 Å². The molecule has 1 aliphatic carbocycles. The lowest BCUT2D eigenvalue weighted by molar-refractivity contribution is -0.0452. The molecule has 188 valence electrons. The number of hydrogen-bond donors (Lipinski definition) is 2. The van der Waals surface area contributed by atoms with E-state index >= 15 is 0 Å². The van der Waals surface area contributed by atoms with Gasteiger partial charge in [0.15, 0.2) is 0 Å². The van der Waals surface area contributed by atoms with E-state index in [-0.39, 0.29) is 5.92 Å². The Morgan fingerprint density at radius 2 is 1.29 bits per heavy atom. The van der Waals surface area contributed by atoms with Gasteiger partial charge < -0.3 is 5.32 Å². The van der Waals surface area contributed by atoms with Crippen molar-refractivity contribution >= 4 is 10.0 Å². The van der Waals surface area contributed by atoms with E-state index in [0.717, 1.165) is 6.42 Å². The van der Waals surface area contributed by atoms with Crippen LogP contribution >= 0.6 is 0 Å². The highest BCUT2D eigenvalue weighted by Gasteiger charge is 2.48. The van der Waals surface area contributed by atoms with Crippen molar-refractivity contribution in [3.8, 4) is 0 Å². The van der Waals surface area contributed by atoms with E-state index < -0.39 is 27.6 Å². The van der Waals surface area contributed by atoms with E-state index in [4.69, 9.17) is 0 Å². The van der Waals surface area contributed by atoms with Gasteiger partial charge in [0.25, 0.3) is 0 Å². The van der Waals surface area contributed by atoms with Crippen molar-refractivity contribution in [2.24, 2.45) is 5.92 Å². The quantitative estimate of drug-likeness (QED) is 0.399. The summed E-state index contributed by atoms with van der Waals surface area (Å²) in [6.45, 7) is 8.45. The zero-order chi connectivity index (χ0) is 25.8. The number of nitrogens with one attached hydrogen (secondary N) is 2. The lowest BCUT2D eigenvalue weighted by Crippen LogP contribution is -2.43. The Hall–Kier alpha value is -2.84. The van der Waals surface area contributed by atoms with Crippen LogP contribution in [0, 0.1) is 5.92 Å². The van der Waals surface area contributed by atoms with Gasteiger partial charge in [-0.2, -0.15) is 17.9 Å². The Bertz CT molecular complexity index is 1190. The highest BCUT2D eigenvalue weighted by atomic mass is 32.2. The molecule has 8 heteroatoms. The summed E-state index contributed by atoms with van der Waals surface area (Å²) in [5, 5.41) is 3.18. The Kier molecular flexibility index (Phi) is 8.28. The minimum atomic E-state index is -5.59. The minimum absolute atomic E-state index is 0.275. The van der Waals surface area contributed by atoms with Crippen LogP contribution < -0.4 is 10.0 Å². The minimum Gasteiger partial charge on any atom is -0.382 e. The van der Waals surface area contributed by atoms with Gasteiger partial charge in [-0.3, -0.25) is 0 Å². The van der Waals surface area contributed by atoms with E-state index in [2.05, 4.69) is 33.0 Å². The predicted octanol–water partition coefficient (Wildman–Crippen LogP) is 6.70. The lowest BCUT2D eigenvalue weighted by atomic mass is 9.93. The van der Waals surface area contributed by atoms with Crippen LogP contribution in [0.15, 0.2) is 95.2 Å². The largest absolute Gasteiger partial charge is 0.511 e. The summed E-state index contributed by atoms with van der Waals surface area (Å²) < 4.78 is 66.0. The number of benzene rings is 2. The number of alkyl halides is 3. The van der Waals surface area contributed by atoms with Crippen molar-refractivity contribution in [1.82, 2.24) is 10.0 Å². The molecule has 4 nitrogen and oxygen atoms in total. The molecule has 1 aliphatic rings. The normalized spacial score (nSPS) is 17.3. The van der Waals surface area contributed by atoms with Crippen molar-refractivity contribution in [1.29, 1.82) is 0 Å². The Balaban J connectivity index is 1.93. The van der Waals surface area contributed by atoms with Crippen LogP contribution in [0.1, 0.15) is 57.3 Å². The molecule has 0 heterocycles. The number of rotatable bonds is 9. The molecule has 0 amide bonds. The fourth-order valence-electron chi connectivity index (χ4n) is 4.44. The van der Waals surface area contributed by atoms with Crippen molar-refractivity contribution in [2.75, 3.05) is 0 Å². The van der Waals surface area contributed by atoms with Gasteiger partial charge in [0, 0.05) is 5.92 Å². The number of allylic oxidation sites excluding steroid dienone is 5. The summed E-state index contributed by atoms with van der Waals surface area (Å²) in [6, 6.07) is 15.1. The standard InChI is InChI=1S/C27H31F3N2O2S/c1-18-19(2)21(4)24(20(18)3)16-11-17-31-25(22-12-7-5-8-13-22)26(23-14-9-6-10-15-23)32-35(33,34)27(28,29)30/h5-15,17,24-26,31-32H,16H2,1-4H3/b17-11+/t25-,26-/m0/s1. The van der Waals surface area contributed by atoms with Gasteiger partial charge >= 0.3 is 15.5 Å². The summed E-state index contributed by atoms with van der Waals surface area (Å²) in [4.78, 5) is 0. The maximum Gasteiger partial charge on any atom is 0.511 e. The van der Waals surface area contributed by atoms with Crippen LogP contribution in [0.3, 0.4) is 0 Å². The molecular formula is C27H31F3N2O2S. The predicted molar refractivity (Wildman–Crippen MR) is 134 cm³/mol. The second-order valence-corrected chi connectivity index (χ2v) is 10.5. The molecule has 35 heavy (non-hydrogen) atoms. The number of sulfonamides is 1. The second-order valence-electron chi connectivity index (χ2n) is 8.82. The summed E-state index contributed by atoms with van der Waals surface area (Å²) >= 11 is 0. The molecule has 0 bridgehead atoms. The fraction of sp³-hybridized carbons (Fsp3) is 0.333. The van der Waals surface area contributed by atoms with Crippen molar-refractivity contribution < 1.29 is 21.6 Å². The molecule has 0 saturated carbocycles. The summed E-state index contributed by atoms with van der Waals surface area (Å²) in [6.07, 6.45) is 4.38. The third-order valence-corrected chi connectivity index (χ3v) is 7.97. The molecule has 0 saturated heterocycles. The van der Waals surface area contributed by atoms with Crippen LogP contribution in [0.2, 0.25) is 0 Å². The molecule has 0 unspecified atom stereocenters. The number of hydrogen-bond acceptors (Lipinski definition) is 3. The highest BCUT2D eigenvalue weighted by molar-refractivity contribution is 7.90. The first-order valence-corrected chi connectivity index (χ1v) is 12.9. The zero-order valence-electron chi connectivity index (χ0n) is 20.2. The lowest BCUT2D eigenvalue weighted by Gasteiger charge is -2.29. The first-order chi connectivity index (χ1) is 16.4. The first kappa shape index (κ1) is 26.8. The van der Waals surface area contributed by atoms with Crippen LogP contribution in [0.4, 0.5) is 13.2 Å². The zero-order valence-corrected chi connectivity index (χ0v) is 21.0. The van der Waals surface area contributed by atoms with E-state index in [9.17, 15) is 21.6 Å². The van der Waals surface area contributed by atoms with Crippen LogP contribution in [-0.2, 0) is 10.0 Å². The Morgan fingerprint density at radius 1 is 0.829 bits per heavy atom. The van der Waals surface area contributed by atoms with Crippen LogP contribution in [0.5, 0.6) is 0 Å². The summed E-state index contributed by atoms with van der Waals surface area (Å²) in [5.41, 5.74) is 0.839. The third-order valence-electron chi connectivity index (χ3n) is 6.79. The first-order valence-electron chi connectivity index (χ1n) is 11.4. The van der Waals surface area contributed by atoms with Gasteiger partial charge in [0.1, 0.15) is 0 Å². The molecule has 0 aliphatic heterocycles. The van der Waals surface area contributed by atoms with Crippen LogP contribution in [-0.4, -0.2) is 13.9 Å². The van der Waals surface area contributed by atoms with Gasteiger partial charge in [-0.1, -0.05) is 77.9 Å². The van der Waals surface area contributed by atoms with Crippen molar-refractivity contribution in [3.63, 3.8) is 0 Å². The Morgan fingerprint density at radius 3 is 1.74 bits per heavy atom. The smallest absolute Gasteiger partial charge is 0.382 e. The molecule has 0 spiro atoms. The van der Waals surface area contributed by atoms with Gasteiger partial charge in [0.05, 0.1) is 12.1 Å². The molecule has 0 radical (unpaired) electrons. The molecule has 0 fully saturated rings. The average molecular weight is 505 g/mol. The average Bonchev–Trinajstić information content (AvgIpc) is 3.01. The molecule has 2 atom stereocenters. The third kappa shape index (κ3) is 6.05. The van der Waals surface area contributed by atoms with E-state index in [1.54, 1.807) is 66.9 Å².